The number of carbonyl (C=O) groups is 2. The van der Waals surface area contributed by atoms with Gasteiger partial charge in [0.1, 0.15) is 6.61 Å². The van der Waals surface area contributed by atoms with Crippen LogP contribution in [0.4, 0.5) is 0 Å². The topological polar surface area (TPSA) is 70.4 Å². The van der Waals surface area contributed by atoms with Crippen LogP contribution in [0.3, 0.4) is 0 Å². The van der Waals surface area contributed by atoms with Crippen molar-refractivity contribution in [1.82, 2.24) is 5.06 Å². The predicted octanol–water partition coefficient (Wildman–Crippen LogP) is 2.29. The molecule has 0 saturated carbocycles. The molecule has 0 saturated heterocycles. The minimum absolute atomic E-state index is 0.0805. The van der Waals surface area contributed by atoms with E-state index in [2.05, 4.69) is 0 Å². The number of benzene rings is 2. The van der Waals surface area contributed by atoms with Crippen LogP contribution in [0.25, 0.3) is 0 Å². The van der Waals surface area contributed by atoms with Crippen molar-refractivity contribution in [2.75, 3.05) is 0 Å². The zero-order chi connectivity index (χ0) is 14.8. The van der Waals surface area contributed by atoms with E-state index >= 15 is 0 Å². The van der Waals surface area contributed by atoms with Gasteiger partial charge in [0.25, 0.3) is 11.8 Å². The molecule has 2 amide bonds. The third kappa shape index (κ3) is 2.29. The molecule has 21 heavy (non-hydrogen) atoms. The molecule has 0 bridgehead atoms. The van der Waals surface area contributed by atoms with Crippen molar-refractivity contribution in [1.29, 1.82) is 5.26 Å². The molecular formula is C16H10N2O3. The number of nitrogens with zero attached hydrogens (tertiary/aromatic N) is 2. The lowest BCUT2D eigenvalue weighted by Crippen LogP contribution is -2.29. The highest BCUT2D eigenvalue weighted by atomic mass is 16.7. The first-order chi connectivity index (χ1) is 10.2. The van der Waals surface area contributed by atoms with E-state index in [1.807, 2.05) is 6.07 Å². The highest BCUT2D eigenvalue weighted by Gasteiger charge is 2.36. The Kier molecular flexibility index (Phi) is 3.22. The van der Waals surface area contributed by atoms with Crippen molar-refractivity contribution in [2.45, 2.75) is 6.61 Å². The summed E-state index contributed by atoms with van der Waals surface area (Å²) in [5.41, 5.74) is 2.01. The summed E-state index contributed by atoms with van der Waals surface area (Å²) in [6.45, 7) is 0.0805. The van der Waals surface area contributed by atoms with Gasteiger partial charge in [0, 0.05) is 0 Å². The zero-order valence-electron chi connectivity index (χ0n) is 10.9. The van der Waals surface area contributed by atoms with Gasteiger partial charge in [-0.2, -0.15) is 5.26 Å². The molecule has 1 heterocycles. The Morgan fingerprint density at radius 3 is 2.05 bits per heavy atom. The largest absolute Gasteiger partial charge is 0.285 e. The summed E-state index contributed by atoms with van der Waals surface area (Å²) in [5, 5.41) is 9.50. The molecule has 102 valence electrons. The van der Waals surface area contributed by atoms with Crippen molar-refractivity contribution >= 4 is 11.8 Å². The Bertz CT molecular complexity index is 725. The first-order valence-electron chi connectivity index (χ1n) is 6.30. The lowest BCUT2D eigenvalue weighted by Gasteiger charge is -2.13. The number of amides is 2. The second-order valence-electron chi connectivity index (χ2n) is 4.53. The van der Waals surface area contributed by atoms with E-state index in [0.29, 0.717) is 16.7 Å². The van der Waals surface area contributed by atoms with Gasteiger partial charge in [-0.3, -0.25) is 14.4 Å². The number of hydroxylamine groups is 2. The maximum atomic E-state index is 12.1. The van der Waals surface area contributed by atoms with Crippen LogP contribution in [0, 0.1) is 11.3 Å². The summed E-state index contributed by atoms with van der Waals surface area (Å²) in [5.74, 6) is -0.909. The van der Waals surface area contributed by atoms with Crippen LogP contribution >= 0.6 is 0 Å². The van der Waals surface area contributed by atoms with Gasteiger partial charge < -0.3 is 0 Å². The highest BCUT2D eigenvalue weighted by molar-refractivity contribution is 6.20. The molecule has 0 fully saturated rings. The number of imide groups is 1. The fourth-order valence-corrected chi connectivity index (χ4v) is 2.10. The van der Waals surface area contributed by atoms with E-state index in [-0.39, 0.29) is 6.61 Å². The van der Waals surface area contributed by atoms with E-state index in [9.17, 15) is 9.59 Å². The standard InChI is InChI=1S/C16H10N2O3/c17-9-11-5-7-12(8-6-11)10-21-18-15(19)13-3-1-2-4-14(13)16(18)20/h1-8H,10H2. The van der Waals surface area contributed by atoms with E-state index < -0.39 is 11.8 Å². The lowest BCUT2D eigenvalue weighted by molar-refractivity contribution is -0.101. The first-order valence-corrected chi connectivity index (χ1v) is 6.30. The number of carbonyl (C=O) groups excluding carboxylic acids is 2. The monoisotopic (exact) mass is 278 g/mol. The third-order valence-electron chi connectivity index (χ3n) is 3.20. The molecule has 1 aliphatic rings. The summed E-state index contributed by atoms with van der Waals surface area (Å²) in [7, 11) is 0. The summed E-state index contributed by atoms with van der Waals surface area (Å²) >= 11 is 0. The Balaban J connectivity index is 1.73. The molecule has 0 N–H and O–H groups in total. The summed E-state index contributed by atoms with van der Waals surface area (Å²) in [6.07, 6.45) is 0. The molecule has 5 heteroatoms. The summed E-state index contributed by atoms with van der Waals surface area (Å²) in [6, 6.07) is 15.4. The van der Waals surface area contributed by atoms with Gasteiger partial charge in [-0.1, -0.05) is 24.3 Å². The number of rotatable bonds is 3. The molecule has 0 radical (unpaired) electrons. The predicted molar refractivity (Wildman–Crippen MR) is 72.9 cm³/mol. The Morgan fingerprint density at radius 1 is 0.952 bits per heavy atom. The van der Waals surface area contributed by atoms with Crippen molar-refractivity contribution in [3.63, 3.8) is 0 Å². The smallest absolute Gasteiger partial charge is 0.266 e. The Labute approximate surface area is 120 Å². The van der Waals surface area contributed by atoms with Crippen LogP contribution in [0.2, 0.25) is 0 Å². The first kappa shape index (κ1) is 13.0. The molecule has 1 aliphatic heterocycles. The van der Waals surface area contributed by atoms with Gasteiger partial charge in [-0.05, 0) is 29.8 Å². The van der Waals surface area contributed by atoms with Gasteiger partial charge in [0.05, 0.1) is 22.8 Å². The molecule has 0 aliphatic carbocycles. The van der Waals surface area contributed by atoms with Crippen LogP contribution in [-0.2, 0) is 11.4 Å². The van der Waals surface area contributed by atoms with Gasteiger partial charge in [-0.25, -0.2) is 0 Å². The fourth-order valence-electron chi connectivity index (χ4n) is 2.10. The Hall–Kier alpha value is -2.97. The fraction of sp³-hybridized carbons (Fsp3) is 0.0625. The van der Waals surface area contributed by atoms with Gasteiger partial charge >= 0.3 is 0 Å². The van der Waals surface area contributed by atoms with Crippen LogP contribution in [0.15, 0.2) is 48.5 Å². The van der Waals surface area contributed by atoms with E-state index in [0.717, 1.165) is 10.6 Å². The summed E-state index contributed by atoms with van der Waals surface area (Å²) < 4.78 is 0. The maximum absolute atomic E-state index is 12.1. The molecule has 0 spiro atoms. The third-order valence-corrected chi connectivity index (χ3v) is 3.20. The minimum atomic E-state index is -0.454. The van der Waals surface area contributed by atoms with Gasteiger partial charge in [-0.15, -0.1) is 5.06 Å². The van der Waals surface area contributed by atoms with E-state index in [1.165, 1.54) is 0 Å². The normalized spacial score (nSPS) is 13.2. The molecule has 2 aromatic rings. The van der Waals surface area contributed by atoms with Crippen molar-refractivity contribution in [2.24, 2.45) is 0 Å². The minimum Gasteiger partial charge on any atom is -0.266 e. The van der Waals surface area contributed by atoms with Crippen LogP contribution in [-0.4, -0.2) is 16.9 Å². The molecule has 0 aromatic heterocycles. The Morgan fingerprint density at radius 2 is 1.52 bits per heavy atom. The van der Waals surface area contributed by atoms with E-state index in [1.54, 1.807) is 48.5 Å². The van der Waals surface area contributed by atoms with Crippen LogP contribution in [0.5, 0.6) is 0 Å². The molecule has 2 aromatic carbocycles. The van der Waals surface area contributed by atoms with Crippen LogP contribution < -0.4 is 0 Å². The van der Waals surface area contributed by atoms with Crippen LogP contribution in [0.1, 0.15) is 31.8 Å². The second kappa shape index (κ2) is 5.19. The molecule has 0 atom stereocenters. The summed E-state index contributed by atoms with van der Waals surface area (Å²) in [4.78, 5) is 29.5. The number of hydrogen-bond donors (Lipinski definition) is 0. The molecule has 0 unspecified atom stereocenters. The van der Waals surface area contributed by atoms with Crippen molar-refractivity contribution in [3.8, 4) is 6.07 Å². The number of hydrogen-bond acceptors (Lipinski definition) is 4. The quantitative estimate of drug-likeness (QED) is 0.808. The van der Waals surface area contributed by atoms with Gasteiger partial charge in [0.15, 0.2) is 0 Å². The second-order valence-corrected chi connectivity index (χ2v) is 4.53. The maximum Gasteiger partial charge on any atom is 0.285 e. The average molecular weight is 278 g/mol. The average Bonchev–Trinajstić information content (AvgIpc) is 2.78. The SMILES string of the molecule is N#Cc1ccc(CON2C(=O)c3ccccc3C2=O)cc1. The highest BCUT2D eigenvalue weighted by Crippen LogP contribution is 2.23. The van der Waals surface area contributed by atoms with Crippen molar-refractivity contribution < 1.29 is 14.4 Å². The molecular weight excluding hydrogens is 268 g/mol. The number of nitriles is 1. The lowest BCUT2D eigenvalue weighted by atomic mass is 10.1. The molecule has 3 rings (SSSR count). The molecule has 5 nitrogen and oxygen atoms in total. The van der Waals surface area contributed by atoms with Crippen molar-refractivity contribution in [3.05, 3.63) is 70.8 Å². The van der Waals surface area contributed by atoms with Gasteiger partial charge in [0.2, 0.25) is 0 Å². The number of fused-ring (bicyclic) bond motifs is 1. The van der Waals surface area contributed by atoms with E-state index in [4.69, 9.17) is 10.1 Å². The zero-order valence-corrected chi connectivity index (χ0v) is 10.9.